The highest BCUT2D eigenvalue weighted by atomic mass is 32.2. The first-order chi connectivity index (χ1) is 16.5. The van der Waals surface area contributed by atoms with Crippen molar-refractivity contribution in [1.82, 2.24) is 9.88 Å². The average molecular weight is 493 g/mol. The summed E-state index contributed by atoms with van der Waals surface area (Å²) in [6.07, 6.45) is 8.74. The van der Waals surface area contributed by atoms with Crippen molar-refractivity contribution in [1.29, 1.82) is 0 Å². The van der Waals surface area contributed by atoms with Crippen LogP contribution in [0.4, 0.5) is 13.2 Å². The lowest BCUT2D eigenvalue weighted by Crippen LogP contribution is -2.32. The maximum Gasteiger partial charge on any atom is 0.416 e. The number of thioether (sulfide) groups is 1. The highest BCUT2D eigenvalue weighted by Gasteiger charge is 2.30. The Hall–Kier alpha value is -2.19. The van der Waals surface area contributed by atoms with E-state index in [1.807, 2.05) is 6.07 Å². The fourth-order valence-corrected chi connectivity index (χ4v) is 5.23. The van der Waals surface area contributed by atoms with Crippen LogP contribution in [0, 0.1) is 0 Å². The monoisotopic (exact) mass is 492 g/mol. The van der Waals surface area contributed by atoms with E-state index in [0.717, 1.165) is 85.0 Å². The molecule has 1 saturated heterocycles. The molecule has 4 rings (SSSR count). The van der Waals surface area contributed by atoms with Crippen molar-refractivity contribution in [3.05, 3.63) is 59.9 Å². The highest BCUT2D eigenvalue weighted by molar-refractivity contribution is 7.99. The third-order valence-corrected chi connectivity index (χ3v) is 7.22. The fraction of sp³-hybridized carbons (Fsp3) is 0.500. The molecule has 0 N–H and O–H groups in total. The quantitative estimate of drug-likeness (QED) is 0.260. The van der Waals surface area contributed by atoms with Crippen LogP contribution in [0.3, 0.4) is 0 Å². The van der Waals surface area contributed by atoms with Crippen molar-refractivity contribution >= 4 is 22.7 Å². The molecule has 2 aliphatic heterocycles. The second-order valence-corrected chi connectivity index (χ2v) is 9.85. The molecule has 1 aromatic heterocycles. The molecule has 4 nitrogen and oxygen atoms in total. The number of fused-ring (bicyclic) bond motifs is 1. The number of unbranched alkanes of at least 4 members (excludes halogenated alkanes) is 2. The van der Waals surface area contributed by atoms with E-state index in [4.69, 9.17) is 9.47 Å². The summed E-state index contributed by atoms with van der Waals surface area (Å²) in [6, 6.07) is 5.63. The number of nitrogens with zero attached hydrogens (tertiary/aromatic N) is 2. The number of piperidine rings is 1. The lowest BCUT2D eigenvalue weighted by Gasteiger charge is -2.27. The minimum absolute atomic E-state index is 0.379. The van der Waals surface area contributed by atoms with Crippen LogP contribution in [0.2, 0.25) is 0 Å². The number of hydrogen-bond acceptors (Lipinski definition) is 5. The zero-order valence-electron chi connectivity index (χ0n) is 19.3. The molecule has 3 heterocycles. The lowest BCUT2D eigenvalue weighted by atomic mass is 10.1. The van der Waals surface area contributed by atoms with Gasteiger partial charge in [0.25, 0.3) is 0 Å². The summed E-state index contributed by atoms with van der Waals surface area (Å²) in [5.41, 5.74) is -0.286. The molecular formula is C26H31F3N2O2S. The maximum atomic E-state index is 12.9. The summed E-state index contributed by atoms with van der Waals surface area (Å²) in [5.74, 6) is 2.79. The van der Waals surface area contributed by atoms with Gasteiger partial charge < -0.3 is 9.47 Å². The topological polar surface area (TPSA) is 34.6 Å². The molecule has 2 aliphatic rings. The van der Waals surface area contributed by atoms with Gasteiger partial charge in [0.1, 0.15) is 17.8 Å². The van der Waals surface area contributed by atoms with Crippen LogP contribution in [-0.2, 0) is 15.7 Å². The number of benzene rings is 1. The average Bonchev–Trinajstić information content (AvgIpc) is 2.84. The maximum absolute atomic E-state index is 12.9. The van der Waals surface area contributed by atoms with Gasteiger partial charge in [-0.05, 0) is 75.2 Å². The predicted molar refractivity (Wildman–Crippen MR) is 129 cm³/mol. The molecule has 0 unspecified atom stereocenters. The van der Waals surface area contributed by atoms with Crippen LogP contribution >= 0.6 is 11.8 Å². The van der Waals surface area contributed by atoms with Crippen LogP contribution in [0.5, 0.6) is 0 Å². The Balaban J connectivity index is 1.12. The van der Waals surface area contributed by atoms with Crippen molar-refractivity contribution in [3.63, 3.8) is 0 Å². The molecule has 34 heavy (non-hydrogen) atoms. The first-order valence-corrected chi connectivity index (χ1v) is 13.0. The van der Waals surface area contributed by atoms with E-state index in [9.17, 15) is 13.2 Å². The molecule has 0 saturated carbocycles. The standard InChI is InChI=1S/C26H31F3N2O2S/c27-26(28,29)20-7-10-23-24(17-20)30-12-11-25(23)34-16-6-2-5-15-32-22-9-8-21(33-19-22)18-31-13-3-1-4-14-31/h7-8,10-12,17,19H,1-6,9,13-16,18H2. The van der Waals surface area contributed by atoms with E-state index in [-0.39, 0.29) is 0 Å². The number of alkyl halides is 3. The van der Waals surface area contributed by atoms with Gasteiger partial charge in [-0.15, -0.1) is 11.8 Å². The third kappa shape index (κ3) is 7.15. The molecule has 184 valence electrons. The Morgan fingerprint density at radius 2 is 1.91 bits per heavy atom. The van der Waals surface area contributed by atoms with Gasteiger partial charge in [0.15, 0.2) is 0 Å². The fourth-order valence-electron chi connectivity index (χ4n) is 4.18. The Morgan fingerprint density at radius 3 is 2.68 bits per heavy atom. The van der Waals surface area contributed by atoms with E-state index in [1.54, 1.807) is 24.2 Å². The van der Waals surface area contributed by atoms with Crippen LogP contribution < -0.4 is 0 Å². The molecule has 8 heteroatoms. The van der Waals surface area contributed by atoms with Gasteiger partial charge in [0, 0.05) is 22.9 Å². The summed E-state index contributed by atoms with van der Waals surface area (Å²) >= 11 is 1.66. The summed E-state index contributed by atoms with van der Waals surface area (Å²) < 4.78 is 50.4. The molecule has 0 bridgehead atoms. The van der Waals surface area contributed by atoms with E-state index in [1.165, 1.54) is 25.3 Å². The molecule has 1 aromatic carbocycles. The number of allylic oxidation sites excluding steroid dienone is 1. The Kier molecular flexibility index (Phi) is 8.78. The van der Waals surface area contributed by atoms with Crippen LogP contribution in [0.1, 0.15) is 50.5 Å². The molecule has 0 amide bonds. The summed E-state index contributed by atoms with van der Waals surface area (Å²) in [4.78, 5) is 7.52. The number of likely N-dealkylation sites (tertiary alicyclic amines) is 1. The molecule has 1 fully saturated rings. The Morgan fingerprint density at radius 1 is 1.06 bits per heavy atom. The third-order valence-electron chi connectivity index (χ3n) is 6.06. The van der Waals surface area contributed by atoms with E-state index >= 15 is 0 Å². The first kappa shape index (κ1) is 24.9. The summed E-state index contributed by atoms with van der Waals surface area (Å²) in [5, 5.41) is 0.765. The second-order valence-electron chi connectivity index (χ2n) is 8.71. The van der Waals surface area contributed by atoms with Crippen molar-refractivity contribution in [2.75, 3.05) is 32.0 Å². The number of halogens is 3. The minimum Gasteiger partial charge on any atom is -0.494 e. The normalized spacial score (nSPS) is 17.3. The van der Waals surface area contributed by atoms with Gasteiger partial charge in [-0.3, -0.25) is 9.88 Å². The highest BCUT2D eigenvalue weighted by Crippen LogP contribution is 2.34. The molecule has 0 radical (unpaired) electrons. The first-order valence-electron chi connectivity index (χ1n) is 12.0. The molecular weight excluding hydrogens is 461 g/mol. The minimum atomic E-state index is -4.35. The van der Waals surface area contributed by atoms with Gasteiger partial charge in [-0.2, -0.15) is 13.2 Å². The van der Waals surface area contributed by atoms with Gasteiger partial charge in [0.05, 0.1) is 24.2 Å². The van der Waals surface area contributed by atoms with Crippen molar-refractivity contribution in [2.24, 2.45) is 0 Å². The lowest BCUT2D eigenvalue weighted by molar-refractivity contribution is -0.137. The van der Waals surface area contributed by atoms with Gasteiger partial charge in [-0.25, -0.2) is 0 Å². The van der Waals surface area contributed by atoms with E-state index < -0.39 is 11.7 Å². The van der Waals surface area contributed by atoms with Crippen LogP contribution in [-0.4, -0.2) is 41.9 Å². The zero-order chi connectivity index (χ0) is 23.8. The number of hydrogen-bond donors (Lipinski definition) is 0. The zero-order valence-corrected chi connectivity index (χ0v) is 20.1. The SMILES string of the molecule is FC(F)(F)c1ccc2c(SCCCCCOC3=COC(CN4CCCCC4)=CC3)ccnc2c1. The van der Waals surface area contributed by atoms with Crippen LogP contribution in [0.25, 0.3) is 10.9 Å². The molecule has 0 atom stereocenters. The Bertz CT molecular complexity index is 1020. The van der Waals surface area contributed by atoms with Crippen LogP contribution in [0.15, 0.2) is 59.2 Å². The number of ether oxygens (including phenoxy) is 2. The van der Waals surface area contributed by atoms with Crippen molar-refractivity contribution in [2.45, 2.75) is 56.0 Å². The largest absolute Gasteiger partial charge is 0.494 e. The number of rotatable bonds is 10. The van der Waals surface area contributed by atoms with E-state index in [0.29, 0.717) is 12.1 Å². The van der Waals surface area contributed by atoms with Gasteiger partial charge in [0.2, 0.25) is 0 Å². The second kappa shape index (κ2) is 12.0. The molecule has 0 spiro atoms. The molecule has 2 aromatic rings. The Labute approximate surface area is 203 Å². The molecule has 0 aliphatic carbocycles. The van der Waals surface area contributed by atoms with Crippen molar-refractivity contribution < 1.29 is 22.6 Å². The summed E-state index contributed by atoms with van der Waals surface area (Å²) in [6.45, 7) is 3.86. The predicted octanol–water partition coefficient (Wildman–Crippen LogP) is 7.16. The van der Waals surface area contributed by atoms with E-state index in [2.05, 4.69) is 16.0 Å². The summed E-state index contributed by atoms with van der Waals surface area (Å²) in [7, 11) is 0. The van der Waals surface area contributed by atoms with Gasteiger partial charge >= 0.3 is 6.18 Å². The van der Waals surface area contributed by atoms with Crippen molar-refractivity contribution in [3.8, 4) is 0 Å². The number of aromatic nitrogens is 1. The van der Waals surface area contributed by atoms with Gasteiger partial charge in [-0.1, -0.05) is 12.5 Å². The smallest absolute Gasteiger partial charge is 0.416 e. The number of pyridine rings is 1.